The van der Waals surface area contributed by atoms with Crippen LogP contribution in [-0.2, 0) is 26.3 Å². The van der Waals surface area contributed by atoms with Crippen LogP contribution in [0.1, 0.15) is 86.5 Å². The molecule has 2 saturated heterocycles. The Hall–Kier alpha value is -4.80. The van der Waals surface area contributed by atoms with Crippen molar-refractivity contribution in [1.29, 1.82) is 0 Å². The van der Waals surface area contributed by atoms with Crippen molar-refractivity contribution in [3.8, 4) is 11.3 Å². The number of fused-ring (bicyclic) bond motifs is 5. The van der Waals surface area contributed by atoms with Crippen molar-refractivity contribution in [2.75, 3.05) is 39.3 Å². The molecule has 3 aliphatic heterocycles. The molecule has 6 fully saturated rings. The van der Waals surface area contributed by atoms with Gasteiger partial charge in [-0.1, -0.05) is 19.1 Å². The number of hydrogen-bond donors (Lipinski definition) is 2. The number of aromatic amines is 1. The number of hydrogen-bond acceptors (Lipinski definition) is 6. The van der Waals surface area contributed by atoms with Gasteiger partial charge in [0.05, 0.1) is 24.0 Å². The fraction of sp³-hybridized carbons (Fsp3) is 0.545. The van der Waals surface area contributed by atoms with Crippen molar-refractivity contribution < 1.29 is 28.0 Å². The van der Waals surface area contributed by atoms with E-state index < -0.39 is 17.4 Å². The van der Waals surface area contributed by atoms with Gasteiger partial charge in [-0.3, -0.25) is 19.2 Å². The number of nitrogens with zero attached hydrogens (tertiary/aromatic N) is 3. The summed E-state index contributed by atoms with van der Waals surface area (Å²) in [5.41, 5.74) is 3.27. The number of amides is 4. The molecule has 55 heavy (non-hydrogen) atoms. The molecule has 2 N–H and O–H groups in total. The highest BCUT2D eigenvalue weighted by Crippen LogP contribution is 2.60. The summed E-state index contributed by atoms with van der Waals surface area (Å²) in [6.07, 6.45) is 12.4. The quantitative estimate of drug-likeness (QED) is 0.216. The lowest BCUT2D eigenvalue weighted by Crippen LogP contribution is -2.66. The van der Waals surface area contributed by atoms with Crippen LogP contribution in [0.2, 0.25) is 0 Å². The third kappa shape index (κ3) is 5.66. The zero-order valence-electron chi connectivity index (χ0n) is 31.7. The molecule has 0 radical (unpaired) electrons. The molecule has 3 aromatic heterocycles. The third-order valence-corrected chi connectivity index (χ3v) is 14.6. The van der Waals surface area contributed by atoms with Crippen molar-refractivity contribution in [2.45, 2.75) is 76.7 Å². The highest BCUT2D eigenvalue weighted by molar-refractivity contribution is 5.94. The van der Waals surface area contributed by atoms with E-state index in [1.165, 1.54) is 44.8 Å². The number of piperazine rings is 1. The van der Waals surface area contributed by atoms with Gasteiger partial charge in [0.1, 0.15) is 5.76 Å². The summed E-state index contributed by atoms with van der Waals surface area (Å²) >= 11 is 0. The van der Waals surface area contributed by atoms with Crippen LogP contribution in [0.4, 0.5) is 0 Å². The highest BCUT2D eigenvalue weighted by Gasteiger charge is 2.59. The van der Waals surface area contributed by atoms with Gasteiger partial charge in [-0.05, 0) is 117 Å². The summed E-state index contributed by atoms with van der Waals surface area (Å²) in [7, 11) is 0. The lowest BCUT2D eigenvalue weighted by molar-refractivity contribution is -0.167. The molecule has 4 aromatic rings. The first-order valence-corrected chi connectivity index (χ1v) is 20.6. The zero-order chi connectivity index (χ0) is 37.5. The topological polar surface area (TPSA) is 132 Å². The first kappa shape index (κ1) is 34.7. The maximum atomic E-state index is 15.1. The molecule has 288 valence electrons. The summed E-state index contributed by atoms with van der Waals surface area (Å²) < 4.78 is 11.1. The van der Waals surface area contributed by atoms with E-state index in [9.17, 15) is 14.4 Å². The minimum Gasteiger partial charge on any atom is -0.464 e. The summed E-state index contributed by atoms with van der Waals surface area (Å²) in [5, 5.41) is 4.41. The molecule has 11 nitrogen and oxygen atoms in total. The largest absolute Gasteiger partial charge is 0.464 e. The van der Waals surface area contributed by atoms with Crippen molar-refractivity contribution in [1.82, 2.24) is 25.0 Å². The lowest BCUT2D eigenvalue weighted by atomic mass is 9.49. The molecule has 4 saturated carbocycles. The molecule has 11 rings (SSSR count). The van der Waals surface area contributed by atoms with Crippen LogP contribution in [0.15, 0.2) is 63.8 Å². The summed E-state index contributed by atoms with van der Waals surface area (Å²) in [6, 6.07) is 13.5. The van der Waals surface area contributed by atoms with Crippen LogP contribution in [0.25, 0.3) is 22.2 Å². The molecule has 1 aromatic carbocycles. The number of rotatable bonds is 8. The van der Waals surface area contributed by atoms with E-state index in [0.717, 1.165) is 51.2 Å². The number of piperidine rings is 1. The normalized spacial score (nSPS) is 31.1. The van der Waals surface area contributed by atoms with Crippen LogP contribution in [0.3, 0.4) is 0 Å². The minimum absolute atomic E-state index is 0.0220. The van der Waals surface area contributed by atoms with E-state index in [1.807, 2.05) is 21.9 Å². The van der Waals surface area contributed by atoms with Crippen molar-refractivity contribution >= 4 is 34.5 Å². The average molecular weight is 746 g/mol. The first-order valence-electron chi connectivity index (χ1n) is 20.6. The second-order valence-corrected chi connectivity index (χ2v) is 17.7. The molecular formula is C44H51N5O6. The average Bonchev–Trinajstić information content (AvgIpc) is 3.99. The van der Waals surface area contributed by atoms with Gasteiger partial charge in [0, 0.05) is 73.8 Å². The predicted octanol–water partition coefficient (Wildman–Crippen LogP) is 6.35. The number of furan rings is 2. The molecule has 0 spiro atoms. The fourth-order valence-corrected chi connectivity index (χ4v) is 12.6. The Morgan fingerprint density at radius 1 is 0.873 bits per heavy atom. The van der Waals surface area contributed by atoms with Gasteiger partial charge in [0.15, 0.2) is 5.76 Å². The second kappa shape index (κ2) is 13.2. The summed E-state index contributed by atoms with van der Waals surface area (Å²) in [4.78, 5) is 66.1. The highest BCUT2D eigenvalue weighted by atomic mass is 16.3. The molecule has 4 amide bonds. The molecule has 3 atom stereocenters. The summed E-state index contributed by atoms with van der Waals surface area (Å²) in [6.45, 7) is 4.81. The molecular weight excluding hydrogens is 695 g/mol. The predicted molar refractivity (Wildman–Crippen MR) is 204 cm³/mol. The Balaban J connectivity index is 0.945. The first-order chi connectivity index (χ1) is 26.7. The van der Waals surface area contributed by atoms with E-state index in [1.54, 1.807) is 23.3 Å². The Labute approximate surface area is 321 Å². The van der Waals surface area contributed by atoms with E-state index in [0.29, 0.717) is 64.3 Å². The third-order valence-electron chi connectivity index (χ3n) is 14.6. The molecule has 7 aliphatic rings. The van der Waals surface area contributed by atoms with Crippen molar-refractivity contribution in [2.24, 2.45) is 35.0 Å². The van der Waals surface area contributed by atoms with E-state index in [2.05, 4.69) is 35.4 Å². The molecule has 6 heterocycles. The van der Waals surface area contributed by atoms with Crippen LogP contribution in [0, 0.1) is 35.0 Å². The van der Waals surface area contributed by atoms with Crippen molar-refractivity contribution in [3.63, 3.8) is 0 Å². The van der Waals surface area contributed by atoms with E-state index >= 15 is 4.79 Å². The lowest BCUT2D eigenvalue weighted by Gasteiger charge is -2.57. The standard InChI is InChI=1S/C44H51N5O6/c1-2-44-34(41(52)47-11-13-48(14-12-47)42(53)37-6-4-16-55-37)20-31(22-38(50)45-26-43-23-27-17-28(24-43)19-29(18-27)25-43)40(51)49(44)10-9-33-32-8-7-30(36-5-3-15-54-36)21-35(32)46-39(33)44/h3-8,15-16,21,27-29,31,34,46H,2,9-14,17-20,22-26H2,1H3,(H,45,50)/t27?,28?,29?,31-,34-,43?,44+/m1/s1. The van der Waals surface area contributed by atoms with Crippen LogP contribution in [-0.4, -0.2) is 82.6 Å². The van der Waals surface area contributed by atoms with Gasteiger partial charge in [0.2, 0.25) is 17.7 Å². The smallest absolute Gasteiger partial charge is 0.289 e. The number of carbonyl (C=O) groups is 4. The van der Waals surface area contributed by atoms with Gasteiger partial charge >= 0.3 is 0 Å². The van der Waals surface area contributed by atoms with Gasteiger partial charge in [-0.25, -0.2) is 0 Å². The Morgan fingerprint density at radius 3 is 2.25 bits per heavy atom. The number of carbonyl (C=O) groups excluding carboxylic acids is 4. The summed E-state index contributed by atoms with van der Waals surface area (Å²) in [5.74, 6) is 1.98. The Bertz CT molecular complexity index is 2090. The zero-order valence-corrected chi connectivity index (χ0v) is 31.7. The van der Waals surface area contributed by atoms with Gasteiger partial charge < -0.3 is 33.8 Å². The SMILES string of the molecule is CC[C@]12c3[nH]c4cc(-c5ccco5)ccc4c3CCN1C(=O)[C@@H](CC(=O)NCC13CC4CC(CC(C4)C1)C3)C[C@@H]2C(=O)N1CCN(C(=O)c2ccco2)CC1. The van der Waals surface area contributed by atoms with E-state index in [-0.39, 0.29) is 35.5 Å². The van der Waals surface area contributed by atoms with Crippen molar-refractivity contribution in [3.05, 3.63) is 72.0 Å². The van der Waals surface area contributed by atoms with Gasteiger partial charge in [0.25, 0.3) is 5.91 Å². The van der Waals surface area contributed by atoms with Crippen LogP contribution in [0.5, 0.6) is 0 Å². The van der Waals surface area contributed by atoms with Crippen LogP contribution < -0.4 is 5.32 Å². The Kier molecular flexibility index (Phi) is 8.30. The second-order valence-electron chi connectivity index (χ2n) is 17.7. The number of H-pyrrole nitrogens is 1. The number of aromatic nitrogens is 1. The monoisotopic (exact) mass is 745 g/mol. The van der Waals surface area contributed by atoms with Gasteiger partial charge in [-0.15, -0.1) is 0 Å². The van der Waals surface area contributed by atoms with Gasteiger partial charge in [-0.2, -0.15) is 0 Å². The van der Waals surface area contributed by atoms with E-state index in [4.69, 9.17) is 8.83 Å². The molecule has 4 aliphatic carbocycles. The molecule has 0 unspecified atom stereocenters. The maximum Gasteiger partial charge on any atom is 0.289 e. The number of nitrogens with one attached hydrogen (secondary N) is 2. The fourth-order valence-electron chi connectivity index (χ4n) is 12.6. The van der Waals surface area contributed by atoms with Crippen LogP contribution >= 0.6 is 0 Å². The minimum atomic E-state index is -0.904. The Morgan fingerprint density at radius 2 is 1.58 bits per heavy atom. The number of benzene rings is 1. The molecule has 11 heteroatoms. The maximum absolute atomic E-state index is 15.1. The molecule has 4 bridgehead atoms.